The highest BCUT2D eigenvalue weighted by atomic mass is 16.1. The van der Waals surface area contributed by atoms with Crippen molar-refractivity contribution in [3.8, 4) is 0 Å². The van der Waals surface area contributed by atoms with Gasteiger partial charge in [0.2, 0.25) is 0 Å². The number of aromatic nitrogens is 2. The van der Waals surface area contributed by atoms with E-state index < -0.39 is 0 Å². The van der Waals surface area contributed by atoms with Crippen LogP contribution in [0.1, 0.15) is 37.1 Å². The zero-order chi connectivity index (χ0) is 14.7. The predicted molar refractivity (Wildman–Crippen MR) is 82.1 cm³/mol. The Balaban J connectivity index is 2.22. The van der Waals surface area contributed by atoms with E-state index in [0.29, 0.717) is 6.54 Å². The summed E-state index contributed by atoms with van der Waals surface area (Å²) in [6.45, 7) is 6.74. The molecule has 108 valence electrons. The Bertz CT molecular complexity index is 607. The highest BCUT2D eigenvalue weighted by Crippen LogP contribution is 2.15. The molecular formula is C16H23N3O. The Hall–Kier alpha value is -1.81. The van der Waals surface area contributed by atoms with Crippen LogP contribution < -0.4 is 11.0 Å². The van der Waals surface area contributed by atoms with Crippen LogP contribution in [0.2, 0.25) is 0 Å². The molecule has 0 aliphatic heterocycles. The highest BCUT2D eigenvalue weighted by molar-refractivity contribution is 5.24. The van der Waals surface area contributed by atoms with Crippen molar-refractivity contribution in [3.05, 3.63) is 58.3 Å². The molecule has 1 heterocycles. The summed E-state index contributed by atoms with van der Waals surface area (Å²) in [5.41, 5.74) is 2.49. The van der Waals surface area contributed by atoms with Gasteiger partial charge in [0.25, 0.3) is 0 Å². The van der Waals surface area contributed by atoms with Gasteiger partial charge in [0.15, 0.2) is 0 Å². The first kappa shape index (κ1) is 14.6. The van der Waals surface area contributed by atoms with E-state index in [4.69, 9.17) is 0 Å². The molecule has 4 heteroatoms. The largest absolute Gasteiger partial charge is 0.328 e. The SMILES string of the molecule is CNC(Cn1ccn(C(C)C)c1=O)c1ccc(C)cc1. The van der Waals surface area contributed by atoms with E-state index in [2.05, 4.69) is 36.5 Å². The molecule has 0 aliphatic rings. The van der Waals surface area contributed by atoms with Gasteiger partial charge in [-0.05, 0) is 33.4 Å². The minimum absolute atomic E-state index is 0.0485. The molecule has 1 aromatic carbocycles. The zero-order valence-electron chi connectivity index (χ0n) is 12.6. The molecule has 1 atom stereocenters. The van der Waals surface area contributed by atoms with Gasteiger partial charge in [-0.2, -0.15) is 0 Å². The van der Waals surface area contributed by atoms with Gasteiger partial charge in [-0.15, -0.1) is 0 Å². The van der Waals surface area contributed by atoms with E-state index in [9.17, 15) is 4.79 Å². The first-order valence-corrected chi connectivity index (χ1v) is 7.04. The molecule has 1 aromatic heterocycles. The fourth-order valence-electron chi connectivity index (χ4n) is 2.32. The molecule has 2 rings (SSSR count). The molecule has 2 aromatic rings. The number of hydrogen-bond donors (Lipinski definition) is 1. The second-order valence-corrected chi connectivity index (χ2v) is 5.49. The van der Waals surface area contributed by atoms with Crippen LogP contribution in [0.5, 0.6) is 0 Å². The molecule has 0 aliphatic carbocycles. The van der Waals surface area contributed by atoms with Gasteiger partial charge in [0, 0.05) is 25.0 Å². The summed E-state index contributed by atoms with van der Waals surface area (Å²) in [5.74, 6) is 0. The lowest BCUT2D eigenvalue weighted by molar-refractivity contribution is 0.475. The number of nitrogens with zero attached hydrogens (tertiary/aromatic N) is 2. The number of rotatable bonds is 5. The Morgan fingerprint density at radius 3 is 2.30 bits per heavy atom. The molecule has 0 amide bonds. The number of nitrogens with one attached hydrogen (secondary N) is 1. The smallest absolute Gasteiger partial charge is 0.312 e. The number of benzene rings is 1. The molecule has 0 spiro atoms. The molecule has 20 heavy (non-hydrogen) atoms. The van der Waals surface area contributed by atoms with Gasteiger partial charge in [0.1, 0.15) is 0 Å². The summed E-state index contributed by atoms with van der Waals surface area (Å²) in [4.78, 5) is 12.2. The topological polar surface area (TPSA) is 39.0 Å². The normalized spacial score (nSPS) is 12.8. The highest BCUT2D eigenvalue weighted by Gasteiger charge is 2.13. The van der Waals surface area contributed by atoms with Gasteiger partial charge in [-0.25, -0.2) is 4.79 Å². The fraction of sp³-hybridized carbons (Fsp3) is 0.438. The van der Waals surface area contributed by atoms with Crippen molar-refractivity contribution in [2.75, 3.05) is 7.05 Å². The molecule has 1 N–H and O–H groups in total. The van der Waals surface area contributed by atoms with Gasteiger partial charge < -0.3 is 5.32 Å². The quantitative estimate of drug-likeness (QED) is 0.909. The van der Waals surface area contributed by atoms with Crippen molar-refractivity contribution in [1.29, 1.82) is 0 Å². The Labute approximate surface area is 120 Å². The predicted octanol–water partition coefficient (Wildman–Crippen LogP) is 2.50. The fourth-order valence-corrected chi connectivity index (χ4v) is 2.32. The standard InChI is InChI=1S/C16H23N3O/c1-12(2)19-10-9-18(16(19)20)11-15(17-4)14-7-5-13(3)6-8-14/h5-10,12,15,17H,11H2,1-4H3. The minimum atomic E-state index is 0.0485. The first-order chi connectivity index (χ1) is 9.52. The number of likely N-dealkylation sites (N-methyl/N-ethyl adjacent to an activating group) is 1. The molecule has 0 fully saturated rings. The minimum Gasteiger partial charge on any atom is -0.312 e. The van der Waals surface area contributed by atoms with Crippen molar-refractivity contribution >= 4 is 0 Å². The second kappa shape index (κ2) is 6.09. The maximum absolute atomic E-state index is 12.2. The van der Waals surface area contributed by atoms with Crippen LogP contribution in [-0.2, 0) is 6.54 Å². The number of imidazole rings is 1. The molecule has 0 saturated heterocycles. The van der Waals surface area contributed by atoms with Crippen molar-refractivity contribution in [3.63, 3.8) is 0 Å². The lowest BCUT2D eigenvalue weighted by Crippen LogP contribution is -2.30. The monoisotopic (exact) mass is 273 g/mol. The van der Waals surface area contributed by atoms with E-state index in [-0.39, 0.29) is 17.8 Å². The molecular weight excluding hydrogens is 250 g/mol. The number of hydrogen-bond acceptors (Lipinski definition) is 2. The van der Waals surface area contributed by atoms with E-state index in [0.717, 1.165) is 0 Å². The second-order valence-electron chi connectivity index (χ2n) is 5.49. The summed E-state index contributed by atoms with van der Waals surface area (Å²) >= 11 is 0. The van der Waals surface area contributed by atoms with Crippen LogP contribution in [0.15, 0.2) is 41.5 Å². The van der Waals surface area contributed by atoms with Crippen molar-refractivity contribution in [1.82, 2.24) is 14.5 Å². The van der Waals surface area contributed by atoms with Crippen molar-refractivity contribution in [2.45, 2.75) is 39.4 Å². The van der Waals surface area contributed by atoms with Gasteiger partial charge in [-0.1, -0.05) is 29.8 Å². The molecule has 0 radical (unpaired) electrons. The van der Waals surface area contributed by atoms with E-state index in [1.54, 1.807) is 9.13 Å². The van der Waals surface area contributed by atoms with E-state index in [1.807, 2.05) is 33.3 Å². The Morgan fingerprint density at radius 1 is 1.15 bits per heavy atom. The number of aryl methyl sites for hydroxylation is 1. The summed E-state index contributed by atoms with van der Waals surface area (Å²) in [6, 6.07) is 8.75. The lowest BCUT2D eigenvalue weighted by atomic mass is 10.1. The van der Waals surface area contributed by atoms with Crippen LogP contribution in [0.3, 0.4) is 0 Å². The third-order valence-corrected chi connectivity index (χ3v) is 3.64. The summed E-state index contributed by atoms with van der Waals surface area (Å²) in [7, 11) is 1.93. The van der Waals surface area contributed by atoms with Crippen molar-refractivity contribution in [2.24, 2.45) is 0 Å². The maximum Gasteiger partial charge on any atom is 0.328 e. The third kappa shape index (κ3) is 3.02. The van der Waals surface area contributed by atoms with Crippen LogP contribution >= 0.6 is 0 Å². The van der Waals surface area contributed by atoms with Gasteiger partial charge in [0.05, 0.1) is 6.04 Å². The van der Waals surface area contributed by atoms with Crippen LogP contribution in [0.25, 0.3) is 0 Å². The average molecular weight is 273 g/mol. The molecule has 0 saturated carbocycles. The van der Waals surface area contributed by atoms with E-state index in [1.165, 1.54) is 11.1 Å². The summed E-state index contributed by atoms with van der Waals surface area (Å²) < 4.78 is 3.52. The van der Waals surface area contributed by atoms with Crippen LogP contribution in [-0.4, -0.2) is 16.2 Å². The third-order valence-electron chi connectivity index (χ3n) is 3.64. The van der Waals surface area contributed by atoms with Crippen LogP contribution in [0.4, 0.5) is 0 Å². The van der Waals surface area contributed by atoms with Crippen molar-refractivity contribution < 1.29 is 0 Å². The van der Waals surface area contributed by atoms with Gasteiger partial charge in [-0.3, -0.25) is 9.13 Å². The summed E-state index contributed by atoms with van der Waals surface area (Å²) in [6.07, 6.45) is 3.72. The zero-order valence-corrected chi connectivity index (χ0v) is 12.6. The first-order valence-electron chi connectivity index (χ1n) is 7.04. The maximum atomic E-state index is 12.2. The van der Waals surface area contributed by atoms with E-state index >= 15 is 0 Å². The Morgan fingerprint density at radius 2 is 1.80 bits per heavy atom. The van der Waals surface area contributed by atoms with Gasteiger partial charge >= 0.3 is 5.69 Å². The lowest BCUT2D eigenvalue weighted by Gasteiger charge is -2.17. The molecule has 0 bridgehead atoms. The van der Waals surface area contributed by atoms with Crippen LogP contribution in [0, 0.1) is 6.92 Å². The Kier molecular flexibility index (Phi) is 4.45. The average Bonchev–Trinajstić information content (AvgIpc) is 2.78. The molecule has 1 unspecified atom stereocenters. The molecule has 4 nitrogen and oxygen atoms in total. The summed E-state index contributed by atoms with van der Waals surface area (Å²) in [5, 5.41) is 3.28.